The second-order valence-electron chi connectivity index (χ2n) is 19.2. The number of hydrogen-bond acceptors (Lipinski definition) is 4. The highest BCUT2D eigenvalue weighted by atomic mass is 19.1. The fourth-order valence-electron chi connectivity index (χ4n) is 10.1. The summed E-state index contributed by atoms with van der Waals surface area (Å²) in [5.41, 5.74) is 14.3. The molecule has 0 N–H and O–H groups in total. The molecule has 0 bridgehead atoms. The molecule has 7 heteroatoms. The lowest BCUT2D eigenvalue weighted by molar-refractivity contribution is 0.483. The van der Waals surface area contributed by atoms with Crippen LogP contribution in [-0.4, -0.2) is 16.2 Å². The van der Waals surface area contributed by atoms with Crippen molar-refractivity contribution in [3.8, 4) is 61.8 Å². The zero-order valence-electron chi connectivity index (χ0n) is 39.5. The molecule has 0 spiro atoms. The molecule has 0 saturated heterocycles. The lowest BCUT2D eigenvalue weighted by Crippen LogP contribution is -2.25. The average molecular weight is 927 g/mol. The summed E-state index contributed by atoms with van der Waals surface area (Å²) >= 11 is 0. The van der Waals surface area contributed by atoms with Gasteiger partial charge in [-0.1, -0.05) is 154 Å². The molecule has 0 radical (unpaired) electrons. The van der Waals surface area contributed by atoms with Crippen molar-refractivity contribution in [3.63, 3.8) is 0 Å². The summed E-state index contributed by atoms with van der Waals surface area (Å²) in [6.45, 7) is 7.06. The first-order chi connectivity index (χ1) is 34.6. The third kappa shape index (κ3) is 8.15. The van der Waals surface area contributed by atoms with Crippen LogP contribution < -0.4 is 14.5 Å². The highest BCUT2D eigenvalue weighted by Gasteiger charge is 2.32. The van der Waals surface area contributed by atoms with Crippen molar-refractivity contribution in [1.29, 1.82) is 0 Å². The number of aromatic nitrogens is 2. The minimum absolute atomic E-state index is 0.0590. The van der Waals surface area contributed by atoms with E-state index in [0.717, 1.165) is 89.8 Å². The van der Waals surface area contributed by atoms with Crippen LogP contribution in [-0.2, 0) is 5.41 Å². The predicted octanol–water partition coefficient (Wildman–Crippen LogP) is 17.5. The smallest absolute Gasteiger partial charge is 0.137 e. The standard InChI is InChI=1S/C64H48F2N4O/c1-64(2,3)48-31-32-67-62(37-48)70-58-22-11-10-19-56(58)57-30-29-52(40-61(57)70)71-53-36-46(44-27-25-43(26-28-44)42-15-6-4-7-16-42)35-51(39-53)68-41-69(60-24-13-12-23-59(60)68)63-54(45-17-8-5-9-18-45)20-14-21-55(63)47-33-49(65)38-50(66)34-47/h4-40H,41H2,1-3H3. The number of nitrogens with zero attached hydrogens (tertiary/aromatic N) is 4. The Morgan fingerprint density at radius 1 is 0.451 bits per heavy atom. The summed E-state index contributed by atoms with van der Waals surface area (Å²) in [4.78, 5) is 9.46. The minimum Gasteiger partial charge on any atom is -0.457 e. The van der Waals surface area contributed by atoms with E-state index in [2.05, 4.69) is 181 Å². The van der Waals surface area contributed by atoms with Gasteiger partial charge in [0.1, 0.15) is 35.6 Å². The van der Waals surface area contributed by atoms with Crippen LogP contribution in [0.5, 0.6) is 11.5 Å². The number of para-hydroxylation sites is 4. The average Bonchev–Trinajstić information content (AvgIpc) is 3.94. The number of benzene rings is 9. The van der Waals surface area contributed by atoms with Gasteiger partial charge in [-0.05, 0) is 111 Å². The zero-order chi connectivity index (χ0) is 48.2. The number of rotatable bonds is 9. The third-order valence-corrected chi connectivity index (χ3v) is 13.6. The molecule has 1 aliphatic rings. The van der Waals surface area contributed by atoms with E-state index in [0.29, 0.717) is 29.3 Å². The van der Waals surface area contributed by atoms with E-state index >= 15 is 8.78 Å². The van der Waals surface area contributed by atoms with Gasteiger partial charge in [-0.15, -0.1) is 0 Å². The summed E-state index contributed by atoms with van der Waals surface area (Å²) in [6, 6.07) is 72.7. The van der Waals surface area contributed by atoms with Crippen LogP contribution >= 0.6 is 0 Å². The van der Waals surface area contributed by atoms with E-state index in [-0.39, 0.29) is 5.41 Å². The number of fused-ring (bicyclic) bond motifs is 4. The Labute approximate surface area is 412 Å². The second kappa shape index (κ2) is 17.6. The van der Waals surface area contributed by atoms with Gasteiger partial charge in [0.15, 0.2) is 0 Å². The first-order valence-electron chi connectivity index (χ1n) is 23.9. The molecule has 0 unspecified atom stereocenters. The Bertz CT molecular complexity index is 3770. The molecular weight excluding hydrogens is 879 g/mol. The van der Waals surface area contributed by atoms with Crippen LogP contribution in [0.2, 0.25) is 0 Å². The Balaban J connectivity index is 1.00. The number of pyridine rings is 1. The molecule has 0 fully saturated rings. The van der Waals surface area contributed by atoms with Crippen molar-refractivity contribution >= 4 is 44.6 Å². The Kier molecular flexibility index (Phi) is 10.8. The molecule has 0 aliphatic carbocycles. The van der Waals surface area contributed by atoms with Gasteiger partial charge in [0, 0.05) is 52.0 Å². The summed E-state index contributed by atoms with van der Waals surface area (Å²) < 4.78 is 39.4. The maximum Gasteiger partial charge on any atom is 0.137 e. The highest BCUT2D eigenvalue weighted by molar-refractivity contribution is 6.09. The van der Waals surface area contributed by atoms with E-state index in [9.17, 15) is 0 Å². The van der Waals surface area contributed by atoms with Gasteiger partial charge in [-0.25, -0.2) is 13.8 Å². The van der Waals surface area contributed by atoms with E-state index < -0.39 is 11.6 Å². The Morgan fingerprint density at radius 3 is 1.77 bits per heavy atom. The normalized spacial score (nSPS) is 12.5. The fourth-order valence-corrected chi connectivity index (χ4v) is 10.1. The van der Waals surface area contributed by atoms with E-state index in [1.165, 1.54) is 17.7 Å². The van der Waals surface area contributed by atoms with E-state index in [1.807, 2.05) is 60.8 Å². The summed E-state index contributed by atoms with van der Waals surface area (Å²) in [5.74, 6) is 0.931. The summed E-state index contributed by atoms with van der Waals surface area (Å²) in [5, 5.41) is 2.24. The van der Waals surface area contributed by atoms with Crippen LogP contribution in [0.15, 0.2) is 225 Å². The van der Waals surface area contributed by atoms with E-state index in [4.69, 9.17) is 9.72 Å². The second-order valence-corrected chi connectivity index (χ2v) is 19.2. The van der Waals surface area contributed by atoms with Gasteiger partial charge in [-0.3, -0.25) is 4.57 Å². The molecule has 3 heterocycles. The van der Waals surface area contributed by atoms with Crippen LogP contribution in [0.4, 0.5) is 31.5 Å². The maximum absolute atomic E-state index is 15.0. The largest absolute Gasteiger partial charge is 0.457 e. The molecule has 5 nitrogen and oxygen atoms in total. The molecule has 71 heavy (non-hydrogen) atoms. The first-order valence-corrected chi connectivity index (χ1v) is 23.9. The Hall–Kier alpha value is -8.81. The van der Waals surface area contributed by atoms with Gasteiger partial charge in [0.2, 0.25) is 0 Å². The van der Waals surface area contributed by atoms with Crippen molar-refractivity contribution in [2.24, 2.45) is 0 Å². The number of ether oxygens (including phenoxy) is 1. The van der Waals surface area contributed by atoms with Crippen LogP contribution in [0.25, 0.3) is 72.1 Å². The minimum atomic E-state index is -0.632. The molecule has 1 aliphatic heterocycles. The lowest BCUT2D eigenvalue weighted by atomic mass is 9.88. The number of anilines is 4. The summed E-state index contributed by atoms with van der Waals surface area (Å²) in [7, 11) is 0. The number of halogens is 2. The summed E-state index contributed by atoms with van der Waals surface area (Å²) in [6.07, 6.45) is 1.90. The molecule has 0 atom stereocenters. The van der Waals surface area contributed by atoms with Gasteiger partial charge < -0.3 is 14.5 Å². The SMILES string of the molecule is CC(C)(C)c1ccnc(-n2c3ccccc3c3ccc(Oc4cc(-c5ccc(-c6ccccc6)cc5)cc(N5CN(c6c(-c7ccccc7)cccc6-c6cc(F)cc(F)c6)c6ccccc65)c4)cc32)c1. The molecule has 0 amide bonds. The Morgan fingerprint density at radius 2 is 1.06 bits per heavy atom. The molecular formula is C64H48F2N4O. The highest BCUT2D eigenvalue weighted by Crippen LogP contribution is 2.51. The van der Waals surface area contributed by atoms with Crippen LogP contribution in [0.3, 0.4) is 0 Å². The van der Waals surface area contributed by atoms with Gasteiger partial charge in [-0.2, -0.15) is 0 Å². The molecule has 344 valence electrons. The molecule has 11 aromatic rings. The monoisotopic (exact) mass is 926 g/mol. The van der Waals surface area contributed by atoms with Crippen LogP contribution in [0, 0.1) is 11.6 Å². The van der Waals surface area contributed by atoms with Gasteiger partial charge in [0.25, 0.3) is 0 Å². The molecule has 9 aromatic carbocycles. The quantitative estimate of drug-likeness (QED) is 0.144. The van der Waals surface area contributed by atoms with Crippen molar-refractivity contribution in [2.75, 3.05) is 16.5 Å². The molecule has 12 rings (SSSR count). The fraction of sp³-hybridized carbons (Fsp3) is 0.0781. The van der Waals surface area contributed by atoms with E-state index in [1.54, 1.807) is 0 Å². The topological polar surface area (TPSA) is 33.5 Å². The zero-order valence-corrected chi connectivity index (χ0v) is 39.5. The third-order valence-electron chi connectivity index (χ3n) is 13.6. The lowest BCUT2D eigenvalue weighted by Gasteiger charge is -2.27. The van der Waals surface area contributed by atoms with Gasteiger partial charge >= 0.3 is 0 Å². The van der Waals surface area contributed by atoms with Crippen molar-refractivity contribution in [1.82, 2.24) is 9.55 Å². The van der Waals surface area contributed by atoms with Crippen LogP contribution in [0.1, 0.15) is 26.3 Å². The number of hydrogen-bond donors (Lipinski definition) is 0. The van der Waals surface area contributed by atoms with Gasteiger partial charge in [0.05, 0.1) is 28.1 Å². The molecule has 2 aromatic heterocycles. The first kappa shape index (κ1) is 43.5. The molecule has 0 saturated carbocycles. The maximum atomic E-state index is 15.0. The van der Waals surface area contributed by atoms with Crippen molar-refractivity contribution < 1.29 is 13.5 Å². The van der Waals surface area contributed by atoms with Crippen molar-refractivity contribution in [3.05, 3.63) is 242 Å². The van der Waals surface area contributed by atoms with Crippen molar-refractivity contribution in [2.45, 2.75) is 26.2 Å². The predicted molar refractivity (Wildman–Crippen MR) is 287 cm³/mol.